The highest BCUT2D eigenvalue weighted by Crippen LogP contribution is 2.28. The van der Waals surface area contributed by atoms with E-state index < -0.39 is 0 Å². The van der Waals surface area contributed by atoms with Gasteiger partial charge < -0.3 is 5.32 Å². The van der Waals surface area contributed by atoms with Crippen molar-refractivity contribution in [3.05, 3.63) is 38.3 Å². The molecule has 4 nitrogen and oxygen atoms in total. The van der Waals surface area contributed by atoms with E-state index in [0.29, 0.717) is 16.9 Å². The molecular weight excluding hydrogens is 296 g/mol. The van der Waals surface area contributed by atoms with Crippen LogP contribution in [-0.2, 0) is 6.54 Å². The Hall–Kier alpha value is -0.940. The number of hydrogen-bond acceptors (Lipinski definition) is 3. The first-order valence-electron chi connectivity index (χ1n) is 6.22. The maximum atomic E-state index is 10.8. The molecule has 0 saturated heterocycles. The normalized spacial score (nSPS) is 10.9. The van der Waals surface area contributed by atoms with Crippen LogP contribution < -0.4 is 5.32 Å². The molecule has 0 saturated carbocycles. The molecule has 1 rings (SSSR count). The van der Waals surface area contributed by atoms with Crippen LogP contribution in [0.25, 0.3) is 0 Å². The molecule has 18 heavy (non-hydrogen) atoms. The third kappa shape index (κ3) is 4.07. The Bertz CT molecular complexity index is 406. The van der Waals surface area contributed by atoms with Gasteiger partial charge in [-0.3, -0.25) is 10.1 Å². The van der Waals surface area contributed by atoms with Gasteiger partial charge in [-0.1, -0.05) is 38.8 Å². The monoisotopic (exact) mass is 314 g/mol. The van der Waals surface area contributed by atoms with Crippen LogP contribution in [0.3, 0.4) is 0 Å². The van der Waals surface area contributed by atoms with Crippen LogP contribution in [0, 0.1) is 16.0 Å². The van der Waals surface area contributed by atoms with Gasteiger partial charge in [0.05, 0.1) is 9.40 Å². The minimum atomic E-state index is -0.367. The van der Waals surface area contributed by atoms with Crippen molar-refractivity contribution in [1.29, 1.82) is 0 Å². The van der Waals surface area contributed by atoms with E-state index in [1.54, 1.807) is 6.07 Å². The molecule has 0 bridgehead atoms. The van der Waals surface area contributed by atoms with Crippen LogP contribution in [0.15, 0.2) is 22.7 Å². The molecule has 1 aromatic carbocycles. The first kappa shape index (κ1) is 15.1. The van der Waals surface area contributed by atoms with E-state index in [-0.39, 0.29) is 10.6 Å². The molecule has 0 amide bonds. The highest BCUT2D eigenvalue weighted by molar-refractivity contribution is 9.10. The van der Waals surface area contributed by atoms with Gasteiger partial charge in [0.1, 0.15) is 0 Å². The average molecular weight is 315 g/mol. The van der Waals surface area contributed by atoms with Crippen molar-refractivity contribution < 1.29 is 4.92 Å². The van der Waals surface area contributed by atoms with Crippen molar-refractivity contribution in [2.45, 2.75) is 33.2 Å². The second-order valence-corrected chi connectivity index (χ2v) is 5.11. The molecule has 0 aliphatic rings. The van der Waals surface area contributed by atoms with Crippen molar-refractivity contribution in [2.75, 3.05) is 6.54 Å². The molecular formula is C13H19BrN2O2. The average Bonchev–Trinajstić information content (AvgIpc) is 2.36. The Morgan fingerprint density at radius 2 is 2.06 bits per heavy atom. The van der Waals surface area contributed by atoms with Crippen molar-refractivity contribution >= 4 is 21.6 Å². The molecule has 0 unspecified atom stereocenters. The van der Waals surface area contributed by atoms with Crippen molar-refractivity contribution in [3.63, 3.8) is 0 Å². The summed E-state index contributed by atoms with van der Waals surface area (Å²) in [6, 6.07) is 5.13. The Balaban J connectivity index is 2.63. The van der Waals surface area contributed by atoms with Crippen LogP contribution in [0.2, 0.25) is 0 Å². The predicted molar refractivity (Wildman–Crippen MR) is 76.6 cm³/mol. The number of nitrogens with zero attached hydrogens (tertiary/aromatic N) is 1. The smallest absolute Gasteiger partial charge is 0.283 e. The van der Waals surface area contributed by atoms with Crippen molar-refractivity contribution in [2.24, 2.45) is 5.92 Å². The van der Waals surface area contributed by atoms with Gasteiger partial charge >= 0.3 is 0 Å². The molecule has 0 fully saturated rings. The van der Waals surface area contributed by atoms with E-state index in [4.69, 9.17) is 0 Å². The number of halogens is 1. The number of nitro benzene ring substituents is 1. The van der Waals surface area contributed by atoms with Crippen LogP contribution in [0.5, 0.6) is 0 Å². The topological polar surface area (TPSA) is 55.2 Å². The van der Waals surface area contributed by atoms with Gasteiger partial charge in [-0.2, -0.15) is 0 Å². The Labute approximate surface area is 116 Å². The second kappa shape index (κ2) is 7.48. The maximum Gasteiger partial charge on any atom is 0.283 e. The molecule has 0 atom stereocenters. The summed E-state index contributed by atoms with van der Waals surface area (Å²) >= 11 is 3.30. The summed E-state index contributed by atoms with van der Waals surface area (Å²) in [4.78, 5) is 10.4. The number of nitro groups is 1. The number of nitrogens with one attached hydrogen (secondary N) is 1. The molecule has 0 spiro atoms. The number of rotatable bonds is 7. The van der Waals surface area contributed by atoms with E-state index >= 15 is 0 Å². The highest BCUT2D eigenvalue weighted by atomic mass is 79.9. The summed E-state index contributed by atoms with van der Waals surface area (Å²) in [7, 11) is 0. The fraction of sp³-hybridized carbons (Fsp3) is 0.538. The summed E-state index contributed by atoms with van der Waals surface area (Å²) in [5.74, 6) is 0.669. The lowest BCUT2D eigenvalue weighted by atomic mass is 10.0. The molecule has 0 heterocycles. The van der Waals surface area contributed by atoms with Gasteiger partial charge in [-0.15, -0.1) is 0 Å². The Morgan fingerprint density at radius 3 is 2.61 bits per heavy atom. The summed E-state index contributed by atoms with van der Waals surface area (Å²) < 4.78 is 0.576. The van der Waals surface area contributed by atoms with E-state index in [9.17, 15) is 10.1 Å². The Kier molecular flexibility index (Phi) is 6.29. The number of hydrogen-bond donors (Lipinski definition) is 1. The minimum absolute atomic E-state index is 0.122. The summed E-state index contributed by atoms with van der Waals surface area (Å²) in [6.07, 6.45) is 2.30. The van der Waals surface area contributed by atoms with E-state index in [1.807, 2.05) is 6.07 Å². The molecule has 5 heteroatoms. The second-order valence-electron chi connectivity index (χ2n) is 4.32. The largest absolute Gasteiger partial charge is 0.312 e. The summed E-state index contributed by atoms with van der Waals surface area (Å²) in [5, 5.41) is 14.2. The van der Waals surface area contributed by atoms with Gasteiger partial charge in [-0.05, 0) is 34.0 Å². The van der Waals surface area contributed by atoms with Gasteiger partial charge in [-0.25, -0.2) is 0 Å². The molecule has 0 aliphatic carbocycles. The SMILES string of the molecule is CCC(CC)CNCc1cccc([N+](=O)[O-])c1Br. The summed E-state index contributed by atoms with van der Waals surface area (Å²) in [6.45, 7) is 5.96. The quantitative estimate of drug-likeness (QED) is 0.613. The van der Waals surface area contributed by atoms with Gasteiger partial charge in [0.15, 0.2) is 0 Å². The van der Waals surface area contributed by atoms with Gasteiger partial charge in [0, 0.05) is 12.6 Å². The van der Waals surface area contributed by atoms with Crippen LogP contribution in [0.1, 0.15) is 32.3 Å². The predicted octanol–water partition coefficient (Wildman–Crippen LogP) is 3.88. The van der Waals surface area contributed by atoms with Gasteiger partial charge in [0.25, 0.3) is 5.69 Å². The fourth-order valence-corrected chi connectivity index (χ4v) is 2.38. The van der Waals surface area contributed by atoms with Gasteiger partial charge in [0.2, 0.25) is 0 Å². The fourth-order valence-electron chi connectivity index (χ4n) is 1.83. The zero-order valence-electron chi connectivity index (χ0n) is 10.8. The summed E-state index contributed by atoms with van der Waals surface area (Å²) in [5.41, 5.74) is 1.05. The Morgan fingerprint density at radius 1 is 1.39 bits per heavy atom. The van der Waals surface area contributed by atoms with Crippen LogP contribution in [-0.4, -0.2) is 11.5 Å². The molecule has 100 valence electrons. The third-order valence-corrected chi connectivity index (χ3v) is 4.07. The zero-order chi connectivity index (χ0) is 13.5. The van der Waals surface area contributed by atoms with Crippen molar-refractivity contribution in [3.8, 4) is 0 Å². The molecule has 0 aromatic heterocycles. The lowest BCUT2D eigenvalue weighted by Crippen LogP contribution is -2.22. The van der Waals surface area contributed by atoms with Crippen molar-refractivity contribution in [1.82, 2.24) is 5.32 Å². The zero-order valence-corrected chi connectivity index (χ0v) is 12.4. The van der Waals surface area contributed by atoms with Crippen LogP contribution in [0.4, 0.5) is 5.69 Å². The third-order valence-electron chi connectivity index (χ3n) is 3.16. The molecule has 0 aliphatic heterocycles. The molecule has 1 aromatic rings. The first-order valence-corrected chi connectivity index (χ1v) is 7.01. The van der Waals surface area contributed by atoms with E-state index in [0.717, 1.165) is 24.9 Å². The maximum absolute atomic E-state index is 10.8. The number of benzene rings is 1. The lowest BCUT2D eigenvalue weighted by molar-refractivity contribution is -0.385. The first-order chi connectivity index (χ1) is 8.60. The minimum Gasteiger partial charge on any atom is -0.312 e. The molecule has 0 radical (unpaired) electrons. The van der Waals surface area contributed by atoms with E-state index in [2.05, 4.69) is 35.1 Å². The van der Waals surface area contributed by atoms with Crippen LogP contribution >= 0.6 is 15.9 Å². The van der Waals surface area contributed by atoms with E-state index in [1.165, 1.54) is 6.07 Å². The standard InChI is InChI=1S/C13H19BrN2O2/c1-3-10(4-2)8-15-9-11-6-5-7-12(13(11)14)16(17)18/h5-7,10,15H,3-4,8-9H2,1-2H3. The highest BCUT2D eigenvalue weighted by Gasteiger charge is 2.14. The lowest BCUT2D eigenvalue weighted by Gasteiger charge is -2.13. The molecule has 1 N–H and O–H groups in total.